The molecule has 0 fully saturated rings. The Hall–Kier alpha value is -4.00. The largest absolute Gasteiger partial charge is 0.369 e. The van der Waals surface area contributed by atoms with Crippen molar-refractivity contribution >= 4 is 28.8 Å². The molecule has 3 rings (SSSR count). The normalized spacial score (nSPS) is 11.5. The lowest BCUT2D eigenvalue weighted by molar-refractivity contribution is -0.384. The second kappa shape index (κ2) is 9.21. The van der Waals surface area contributed by atoms with Crippen LogP contribution in [0.3, 0.4) is 0 Å². The number of carbonyl (C=O) groups excluding carboxylic acids is 2. The molecule has 3 aromatic rings. The zero-order chi connectivity index (χ0) is 22.5. The molecule has 31 heavy (non-hydrogen) atoms. The van der Waals surface area contributed by atoms with Gasteiger partial charge in [0.15, 0.2) is 5.78 Å². The SMILES string of the molecule is CC(=O)c1ccccc1NC(C(=O)Nc1c(C)cccc1C)c1ccc([N+](=O)[O-])cc1. The molecular weight excluding hydrogens is 394 g/mol. The number of aryl methyl sites for hydroxylation is 2. The predicted octanol–water partition coefficient (Wildman–Crippen LogP) is 5.21. The summed E-state index contributed by atoms with van der Waals surface area (Å²) in [4.78, 5) is 35.9. The number of ketones is 1. The van der Waals surface area contributed by atoms with Gasteiger partial charge in [-0.2, -0.15) is 0 Å². The summed E-state index contributed by atoms with van der Waals surface area (Å²) >= 11 is 0. The molecule has 0 aliphatic carbocycles. The number of nitro groups is 1. The maximum absolute atomic E-state index is 13.3. The molecule has 0 saturated carbocycles. The highest BCUT2D eigenvalue weighted by Gasteiger charge is 2.24. The average molecular weight is 417 g/mol. The molecule has 0 bridgehead atoms. The molecule has 1 atom stereocenters. The van der Waals surface area contributed by atoms with E-state index in [9.17, 15) is 19.7 Å². The van der Waals surface area contributed by atoms with Crippen molar-refractivity contribution in [3.8, 4) is 0 Å². The summed E-state index contributed by atoms with van der Waals surface area (Å²) in [5, 5.41) is 17.1. The number of anilines is 2. The van der Waals surface area contributed by atoms with E-state index in [1.165, 1.54) is 31.2 Å². The van der Waals surface area contributed by atoms with Gasteiger partial charge in [0.05, 0.1) is 4.92 Å². The van der Waals surface area contributed by atoms with E-state index in [0.29, 0.717) is 22.5 Å². The Kier molecular flexibility index (Phi) is 6.45. The second-order valence-electron chi connectivity index (χ2n) is 7.28. The number of rotatable bonds is 7. The molecule has 3 aromatic carbocycles. The van der Waals surface area contributed by atoms with E-state index < -0.39 is 11.0 Å². The minimum absolute atomic E-state index is 0.0678. The number of para-hydroxylation sites is 2. The summed E-state index contributed by atoms with van der Waals surface area (Å²) in [6, 6.07) is 17.6. The topological polar surface area (TPSA) is 101 Å². The van der Waals surface area contributed by atoms with Gasteiger partial charge >= 0.3 is 0 Å². The van der Waals surface area contributed by atoms with Crippen LogP contribution in [-0.4, -0.2) is 16.6 Å². The summed E-state index contributed by atoms with van der Waals surface area (Å²) < 4.78 is 0. The number of nitrogens with zero attached hydrogens (tertiary/aromatic N) is 1. The Morgan fingerprint density at radius 1 is 0.903 bits per heavy atom. The molecule has 0 heterocycles. The number of carbonyl (C=O) groups is 2. The third kappa shape index (κ3) is 4.95. The van der Waals surface area contributed by atoms with Crippen LogP contribution in [0.5, 0.6) is 0 Å². The van der Waals surface area contributed by atoms with Crippen molar-refractivity contribution in [3.05, 3.63) is 99.1 Å². The summed E-state index contributed by atoms with van der Waals surface area (Å²) in [6.07, 6.45) is 0. The first kappa shape index (κ1) is 21.7. The van der Waals surface area contributed by atoms with Crippen LogP contribution in [0.4, 0.5) is 17.1 Å². The van der Waals surface area contributed by atoms with Gasteiger partial charge in [-0.1, -0.05) is 30.3 Å². The number of nitrogens with one attached hydrogen (secondary N) is 2. The molecule has 1 amide bonds. The maximum Gasteiger partial charge on any atom is 0.269 e. The fourth-order valence-corrected chi connectivity index (χ4v) is 3.37. The van der Waals surface area contributed by atoms with Crippen LogP contribution in [0.2, 0.25) is 0 Å². The second-order valence-corrected chi connectivity index (χ2v) is 7.28. The molecule has 2 N–H and O–H groups in total. The lowest BCUT2D eigenvalue weighted by Crippen LogP contribution is -2.28. The van der Waals surface area contributed by atoms with E-state index in [1.54, 1.807) is 24.3 Å². The van der Waals surface area contributed by atoms with Crippen LogP contribution in [0.25, 0.3) is 0 Å². The van der Waals surface area contributed by atoms with Gasteiger partial charge in [0, 0.05) is 29.1 Å². The number of hydrogen-bond acceptors (Lipinski definition) is 5. The molecule has 0 radical (unpaired) electrons. The standard InChI is InChI=1S/C24H23N3O4/c1-15-7-6-8-16(2)22(15)26-24(29)23(18-11-13-19(14-12-18)27(30)31)25-21-10-5-4-9-20(21)17(3)28/h4-14,23,25H,1-3H3,(H,26,29). The van der Waals surface area contributed by atoms with Crippen molar-refractivity contribution in [1.29, 1.82) is 0 Å². The van der Waals surface area contributed by atoms with Crippen LogP contribution < -0.4 is 10.6 Å². The van der Waals surface area contributed by atoms with Gasteiger partial charge in [-0.15, -0.1) is 0 Å². The fraction of sp³-hybridized carbons (Fsp3) is 0.167. The minimum atomic E-state index is -0.875. The monoisotopic (exact) mass is 417 g/mol. The Morgan fingerprint density at radius 2 is 1.52 bits per heavy atom. The third-order valence-electron chi connectivity index (χ3n) is 5.03. The van der Waals surface area contributed by atoms with Gasteiger partial charge in [0.1, 0.15) is 6.04 Å². The van der Waals surface area contributed by atoms with Gasteiger partial charge in [0.2, 0.25) is 0 Å². The molecule has 0 aromatic heterocycles. The third-order valence-corrected chi connectivity index (χ3v) is 5.03. The van der Waals surface area contributed by atoms with Gasteiger partial charge < -0.3 is 10.6 Å². The van der Waals surface area contributed by atoms with Gasteiger partial charge in [-0.25, -0.2) is 0 Å². The first-order chi connectivity index (χ1) is 14.8. The number of Topliss-reactive ketones (excluding diaryl/α,β-unsaturated/α-hetero) is 1. The highest BCUT2D eigenvalue weighted by Crippen LogP contribution is 2.27. The predicted molar refractivity (Wildman–Crippen MR) is 120 cm³/mol. The molecule has 0 spiro atoms. The summed E-state index contributed by atoms with van der Waals surface area (Å²) in [6.45, 7) is 5.27. The highest BCUT2D eigenvalue weighted by atomic mass is 16.6. The smallest absolute Gasteiger partial charge is 0.269 e. The van der Waals surface area contributed by atoms with Crippen molar-refractivity contribution in [3.63, 3.8) is 0 Å². The van der Waals surface area contributed by atoms with Crippen molar-refractivity contribution in [2.75, 3.05) is 10.6 Å². The zero-order valence-electron chi connectivity index (χ0n) is 17.5. The fourth-order valence-electron chi connectivity index (χ4n) is 3.37. The first-order valence-electron chi connectivity index (χ1n) is 9.76. The van der Waals surface area contributed by atoms with Gasteiger partial charge in [-0.3, -0.25) is 19.7 Å². The molecule has 0 aliphatic rings. The number of amides is 1. The van der Waals surface area contributed by atoms with Gasteiger partial charge in [0.25, 0.3) is 11.6 Å². The first-order valence-corrected chi connectivity index (χ1v) is 9.76. The lowest BCUT2D eigenvalue weighted by Gasteiger charge is -2.22. The van der Waals surface area contributed by atoms with Crippen LogP contribution in [-0.2, 0) is 4.79 Å². The maximum atomic E-state index is 13.3. The number of benzene rings is 3. The van der Waals surface area contributed by atoms with Crippen molar-refractivity contribution < 1.29 is 14.5 Å². The van der Waals surface area contributed by atoms with E-state index in [0.717, 1.165) is 11.1 Å². The Balaban J connectivity index is 2.01. The Labute approximate surface area is 180 Å². The quantitative estimate of drug-likeness (QED) is 0.312. The van der Waals surface area contributed by atoms with E-state index in [1.807, 2.05) is 32.0 Å². The van der Waals surface area contributed by atoms with Crippen molar-refractivity contribution in [2.45, 2.75) is 26.8 Å². The van der Waals surface area contributed by atoms with Gasteiger partial charge in [-0.05, 0) is 61.7 Å². The molecule has 1 unspecified atom stereocenters. The van der Waals surface area contributed by atoms with E-state index in [-0.39, 0.29) is 17.4 Å². The Morgan fingerprint density at radius 3 is 2.10 bits per heavy atom. The summed E-state index contributed by atoms with van der Waals surface area (Å²) in [5.41, 5.74) is 3.97. The number of non-ortho nitro benzene ring substituents is 1. The zero-order valence-corrected chi connectivity index (χ0v) is 17.5. The van der Waals surface area contributed by atoms with E-state index in [2.05, 4.69) is 10.6 Å². The van der Waals surface area contributed by atoms with Crippen LogP contribution >= 0.6 is 0 Å². The van der Waals surface area contributed by atoms with Crippen molar-refractivity contribution in [2.24, 2.45) is 0 Å². The number of nitro benzene ring substituents is 1. The Bertz CT molecular complexity index is 1120. The van der Waals surface area contributed by atoms with E-state index >= 15 is 0 Å². The van der Waals surface area contributed by atoms with Crippen molar-refractivity contribution in [1.82, 2.24) is 0 Å². The molecule has 0 aliphatic heterocycles. The van der Waals surface area contributed by atoms with Crippen LogP contribution in [0.15, 0.2) is 66.7 Å². The van der Waals surface area contributed by atoms with Crippen LogP contribution in [0, 0.1) is 24.0 Å². The number of hydrogen-bond donors (Lipinski definition) is 2. The molecule has 7 heteroatoms. The van der Waals surface area contributed by atoms with Crippen LogP contribution in [0.1, 0.15) is 40.0 Å². The highest BCUT2D eigenvalue weighted by molar-refractivity contribution is 6.02. The summed E-state index contributed by atoms with van der Waals surface area (Å²) in [7, 11) is 0. The molecule has 158 valence electrons. The molecular formula is C24H23N3O4. The summed E-state index contributed by atoms with van der Waals surface area (Å²) in [5.74, 6) is -0.481. The lowest BCUT2D eigenvalue weighted by atomic mass is 10.0. The molecule has 7 nitrogen and oxygen atoms in total. The minimum Gasteiger partial charge on any atom is -0.369 e. The average Bonchev–Trinajstić information content (AvgIpc) is 2.75. The molecule has 0 saturated heterocycles. The van der Waals surface area contributed by atoms with E-state index in [4.69, 9.17) is 0 Å².